The van der Waals surface area contributed by atoms with Crippen LogP contribution in [0, 0.1) is 6.92 Å². The number of aryl methyl sites for hydroxylation is 1. The third-order valence-corrected chi connectivity index (χ3v) is 5.56. The van der Waals surface area contributed by atoms with E-state index in [4.69, 9.17) is 19.6 Å². The summed E-state index contributed by atoms with van der Waals surface area (Å²) in [6.07, 6.45) is 3.53. The smallest absolute Gasteiger partial charge is 0.325 e. The minimum atomic E-state index is -0.356. The Morgan fingerprint density at radius 3 is 2.81 bits per heavy atom. The lowest BCUT2D eigenvalue weighted by Crippen LogP contribution is -2.36. The molecule has 164 valence electrons. The van der Waals surface area contributed by atoms with Gasteiger partial charge in [0.25, 0.3) is 0 Å². The summed E-state index contributed by atoms with van der Waals surface area (Å²) in [4.78, 5) is 23.5. The van der Waals surface area contributed by atoms with Gasteiger partial charge in [0.2, 0.25) is 0 Å². The monoisotopic (exact) mass is 432 g/mol. The van der Waals surface area contributed by atoms with Gasteiger partial charge >= 0.3 is 5.97 Å². The molecule has 0 spiro atoms. The maximum Gasteiger partial charge on any atom is 0.325 e. The van der Waals surface area contributed by atoms with Crippen molar-refractivity contribution in [2.45, 2.75) is 13.5 Å². The Hall–Kier alpha value is -3.72. The number of carbonyl (C=O) groups excluding carboxylic acids is 1. The summed E-state index contributed by atoms with van der Waals surface area (Å²) in [7, 11) is 1.37. The number of rotatable bonds is 5. The number of morpholine rings is 1. The van der Waals surface area contributed by atoms with E-state index in [0.717, 1.165) is 35.6 Å². The first-order valence-corrected chi connectivity index (χ1v) is 10.5. The second-order valence-corrected chi connectivity index (χ2v) is 7.73. The number of esters is 1. The molecule has 5 rings (SSSR count). The van der Waals surface area contributed by atoms with E-state index >= 15 is 0 Å². The fourth-order valence-corrected chi connectivity index (χ4v) is 3.90. The number of imidazole rings is 1. The van der Waals surface area contributed by atoms with E-state index in [1.807, 2.05) is 30.5 Å². The maximum absolute atomic E-state index is 11.9. The normalized spacial score (nSPS) is 14.1. The third-order valence-electron chi connectivity index (χ3n) is 5.56. The summed E-state index contributed by atoms with van der Waals surface area (Å²) >= 11 is 0. The zero-order valence-corrected chi connectivity index (χ0v) is 18.1. The molecule has 0 bridgehead atoms. The Morgan fingerprint density at radius 1 is 1.19 bits per heavy atom. The van der Waals surface area contributed by atoms with Crippen LogP contribution in [0.5, 0.6) is 0 Å². The van der Waals surface area contributed by atoms with E-state index < -0.39 is 0 Å². The minimum absolute atomic E-state index is 0.0413. The molecule has 4 heterocycles. The summed E-state index contributed by atoms with van der Waals surface area (Å²) in [6.45, 7) is 4.93. The Kier molecular flexibility index (Phi) is 5.32. The highest BCUT2D eigenvalue weighted by Gasteiger charge is 2.21. The number of fused-ring (bicyclic) bond motifs is 1. The van der Waals surface area contributed by atoms with Crippen molar-refractivity contribution in [2.75, 3.05) is 38.3 Å². The first kappa shape index (κ1) is 20.2. The molecule has 32 heavy (non-hydrogen) atoms. The Labute approximate surface area is 185 Å². The molecule has 1 aliphatic rings. The highest BCUT2D eigenvalue weighted by atomic mass is 16.5. The molecule has 1 fully saturated rings. The molecule has 1 saturated heterocycles. The van der Waals surface area contributed by atoms with Crippen LogP contribution in [0.3, 0.4) is 0 Å². The molecule has 0 radical (unpaired) electrons. The number of hydrogen-bond acceptors (Lipinski definition) is 7. The minimum Gasteiger partial charge on any atom is -0.468 e. The van der Waals surface area contributed by atoms with Crippen molar-refractivity contribution in [3.05, 3.63) is 54.5 Å². The van der Waals surface area contributed by atoms with Crippen molar-refractivity contribution in [2.24, 2.45) is 0 Å². The van der Waals surface area contributed by atoms with E-state index in [0.29, 0.717) is 24.7 Å². The van der Waals surface area contributed by atoms with Gasteiger partial charge in [-0.1, -0.05) is 23.8 Å². The molecule has 4 aromatic rings. The molecule has 0 saturated carbocycles. The van der Waals surface area contributed by atoms with Crippen molar-refractivity contribution in [3.8, 4) is 17.1 Å². The Balaban J connectivity index is 1.61. The number of pyridine rings is 1. The quantitative estimate of drug-likeness (QED) is 0.448. The largest absolute Gasteiger partial charge is 0.468 e. The Morgan fingerprint density at radius 2 is 2.03 bits per heavy atom. The second-order valence-electron chi connectivity index (χ2n) is 7.73. The highest BCUT2D eigenvalue weighted by Crippen LogP contribution is 2.28. The number of aromatic nitrogens is 5. The number of ether oxygens (including phenoxy) is 2. The van der Waals surface area contributed by atoms with Crippen LogP contribution in [0.2, 0.25) is 0 Å². The molecule has 0 atom stereocenters. The summed E-state index contributed by atoms with van der Waals surface area (Å²) < 4.78 is 13.8. The molecule has 9 nitrogen and oxygen atoms in total. The third kappa shape index (κ3) is 3.82. The molecule has 3 aromatic heterocycles. The summed E-state index contributed by atoms with van der Waals surface area (Å²) in [6, 6.07) is 12.2. The first-order valence-electron chi connectivity index (χ1n) is 10.5. The lowest BCUT2D eigenvalue weighted by molar-refractivity contribution is -0.141. The number of carbonyl (C=O) groups is 1. The number of benzene rings is 1. The zero-order chi connectivity index (χ0) is 22.1. The lowest BCUT2D eigenvalue weighted by Gasteiger charge is -2.29. The number of methoxy groups -OCH3 is 1. The van der Waals surface area contributed by atoms with Crippen molar-refractivity contribution >= 4 is 22.8 Å². The van der Waals surface area contributed by atoms with E-state index in [9.17, 15) is 4.79 Å². The topological polar surface area (TPSA) is 87.3 Å². The van der Waals surface area contributed by atoms with Crippen LogP contribution >= 0.6 is 0 Å². The highest BCUT2D eigenvalue weighted by molar-refractivity contribution is 5.88. The average molecular weight is 432 g/mol. The zero-order valence-electron chi connectivity index (χ0n) is 18.1. The van der Waals surface area contributed by atoms with Gasteiger partial charge in [-0.25, -0.2) is 14.6 Å². The molecule has 9 heteroatoms. The standard InChI is InChI=1S/C23H24N6O3/c1-16-4-3-5-17(12-16)18-6-7-29(26-18)20-13-19(27-8-10-32-11-9-27)22-23(25-20)28(15-24-22)14-21(30)31-2/h3-7,12-13,15H,8-11,14H2,1-2H3. The molecule has 1 aromatic carbocycles. The molecule has 1 aliphatic heterocycles. The van der Waals surface area contributed by atoms with Gasteiger partial charge in [-0.05, 0) is 19.1 Å². The SMILES string of the molecule is COC(=O)Cn1cnc2c(N3CCOCC3)cc(-n3ccc(-c4cccc(C)c4)n3)nc21. The molecule has 0 unspecified atom stereocenters. The van der Waals surface area contributed by atoms with Crippen LogP contribution in [-0.2, 0) is 20.8 Å². The predicted molar refractivity (Wildman–Crippen MR) is 120 cm³/mol. The lowest BCUT2D eigenvalue weighted by atomic mass is 10.1. The molecular formula is C23H24N6O3. The van der Waals surface area contributed by atoms with Gasteiger partial charge in [0, 0.05) is 30.9 Å². The molecule has 0 N–H and O–H groups in total. The van der Waals surface area contributed by atoms with E-state index in [1.165, 1.54) is 12.7 Å². The van der Waals surface area contributed by atoms with Crippen molar-refractivity contribution in [1.29, 1.82) is 0 Å². The van der Waals surface area contributed by atoms with Gasteiger partial charge in [0.15, 0.2) is 11.5 Å². The van der Waals surface area contributed by atoms with E-state index in [1.54, 1.807) is 15.6 Å². The summed E-state index contributed by atoms with van der Waals surface area (Å²) in [5.41, 5.74) is 5.40. The van der Waals surface area contributed by atoms with Gasteiger partial charge in [0.05, 0.1) is 38.0 Å². The van der Waals surface area contributed by atoms with Gasteiger partial charge in [-0.2, -0.15) is 5.10 Å². The maximum atomic E-state index is 11.9. The predicted octanol–water partition coefficient (Wildman–Crippen LogP) is 2.60. The van der Waals surface area contributed by atoms with Gasteiger partial charge < -0.3 is 18.9 Å². The number of nitrogens with zero attached hydrogens (tertiary/aromatic N) is 6. The molecule has 0 amide bonds. The summed E-state index contributed by atoms with van der Waals surface area (Å²) in [5, 5.41) is 4.77. The Bertz CT molecular complexity index is 1270. The number of anilines is 1. The van der Waals surface area contributed by atoms with Crippen molar-refractivity contribution in [3.63, 3.8) is 0 Å². The van der Waals surface area contributed by atoms with Crippen LogP contribution < -0.4 is 4.90 Å². The van der Waals surface area contributed by atoms with Crippen LogP contribution in [0.15, 0.2) is 48.9 Å². The summed E-state index contributed by atoms with van der Waals surface area (Å²) in [5.74, 6) is 0.301. The van der Waals surface area contributed by atoms with Crippen molar-refractivity contribution < 1.29 is 14.3 Å². The van der Waals surface area contributed by atoms with Gasteiger partial charge in [-0.15, -0.1) is 0 Å². The van der Waals surface area contributed by atoms with Gasteiger partial charge in [-0.3, -0.25) is 4.79 Å². The van der Waals surface area contributed by atoms with Gasteiger partial charge in [0.1, 0.15) is 12.1 Å². The van der Waals surface area contributed by atoms with Crippen LogP contribution in [0.1, 0.15) is 5.56 Å². The van der Waals surface area contributed by atoms with E-state index in [-0.39, 0.29) is 12.5 Å². The van der Waals surface area contributed by atoms with E-state index in [2.05, 4.69) is 28.9 Å². The fraction of sp³-hybridized carbons (Fsp3) is 0.304. The van der Waals surface area contributed by atoms with Crippen LogP contribution in [-0.4, -0.2) is 63.7 Å². The second kappa shape index (κ2) is 8.43. The fourth-order valence-electron chi connectivity index (χ4n) is 3.90. The van der Waals surface area contributed by atoms with Crippen LogP contribution in [0.25, 0.3) is 28.2 Å². The molecular weight excluding hydrogens is 408 g/mol. The van der Waals surface area contributed by atoms with Crippen molar-refractivity contribution in [1.82, 2.24) is 24.3 Å². The average Bonchev–Trinajstić information content (AvgIpc) is 3.47. The number of hydrogen-bond donors (Lipinski definition) is 0. The molecule has 0 aliphatic carbocycles. The first-order chi connectivity index (χ1) is 15.6. The van der Waals surface area contributed by atoms with Crippen LogP contribution in [0.4, 0.5) is 5.69 Å².